The number of anilines is 1. The van der Waals surface area contributed by atoms with Crippen LogP contribution in [-0.2, 0) is 16.0 Å². The normalized spacial score (nSPS) is 14.0. The molecule has 4 nitrogen and oxygen atoms in total. The number of fused-ring (bicyclic) bond motifs is 1. The van der Waals surface area contributed by atoms with Gasteiger partial charge in [0.1, 0.15) is 0 Å². The van der Waals surface area contributed by atoms with E-state index in [4.69, 9.17) is 5.11 Å². The van der Waals surface area contributed by atoms with Gasteiger partial charge in [-0.25, -0.2) is 4.79 Å². The van der Waals surface area contributed by atoms with Crippen LogP contribution in [0.3, 0.4) is 0 Å². The van der Waals surface area contributed by atoms with Gasteiger partial charge in [0.2, 0.25) is 5.91 Å². The largest absolute Gasteiger partial charge is 0.478 e. The van der Waals surface area contributed by atoms with Gasteiger partial charge in [-0.3, -0.25) is 4.79 Å². The van der Waals surface area contributed by atoms with Crippen LogP contribution in [0.4, 0.5) is 5.69 Å². The van der Waals surface area contributed by atoms with Crippen LogP contribution < -0.4 is 5.32 Å². The lowest BCUT2D eigenvalue weighted by Crippen LogP contribution is -2.04. The number of amides is 1. The summed E-state index contributed by atoms with van der Waals surface area (Å²) in [5.74, 6) is -1.06. The van der Waals surface area contributed by atoms with Crippen LogP contribution in [0, 0.1) is 0 Å². The van der Waals surface area contributed by atoms with E-state index in [2.05, 4.69) is 5.32 Å². The van der Waals surface area contributed by atoms with E-state index in [1.54, 1.807) is 12.1 Å². The molecule has 1 heterocycles. The number of carbonyl (C=O) groups is 2. The van der Waals surface area contributed by atoms with Crippen molar-refractivity contribution in [2.45, 2.75) is 6.42 Å². The maximum absolute atomic E-state index is 11.1. The number of hydrogen-bond donors (Lipinski definition) is 2. The predicted molar refractivity (Wildman–Crippen MR) is 55.4 cm³/mol. The van der Waals surface area contributed by atoms with Crippen LogP contribution in [0.15, 0.2) is 24.3 Å². The molecule has 2 N–H and O–H groups in total. The SMILES string of the molecule is O=C(O)C=Cc1cccc2c1NC(=O)C2. The average molecular weight is 203 g/mol. The lowest BCUT2D eigenvalue weighted by atomic mass is 10.1. The molecule has 15 heavy (non-hydrogen) atoms. The Labute approximate surface area is 86.2 Å². The summed E-state index contributed by atoms with van der Waals surface area (Å²) in [4.78, 5) is 21.5. The van der Waals surface area contributed by atoms with E-state index >= 15 is 0 Å². The highest BCUT2D eigenvalue weighted by molar-refractivity contribution is 6.02. The maximum atomic E-state index is 11.1. The number of carboxylic acid groups (broad SMARTS) is 1. The van der Waals surface area contributed by atoms with Crippen molar-refractivity contribution >= 4 is 23.6 Å². The summed E-state index contributed by atoms with van der Waals surface area (Å²) in [5, 5.41) is 11.2. The fourth-order valence-electron chi connectivity index (χ4n) is 1.58. The van der Waals surface area contributed by atoms with Gasteiger partial charge in [0.25, 0.3) is 0 Å². The quantitative estimate of drug-likeness (QED) is 0.711. The molecule has 0 spiro atoms. The molecule has 76 valence electrons. The van der Waals surface area contributed by atoms with Crippen molar-refractivity contribution in [3.63, 3.8) is 0 Å². The van der Waals surface area contributed by atoms with Crippen molar-refractivity contribution in [1.82, 2.24) is 0 Å². The molecule has 1 aromatic carbocycles. The summed E-state index contributed by atoms with van der Waals surface area (Å²) in [5.41, 5.74) is 2.35. The van der Waals surface area contributed by atoms with Gasteiger partial charge in [-0.2, -0.15) is 0 Å². The van der Waals surface area contributed by atoms with E-state index in [0.29, 0.717) is 6.42 Å². The second-order valence-electron chi connectivity index (χ2n) is 3.28. The van der Waals surface area contributed by atoms with Crippen molar-refractivity contribution in [3.05, 3.63) is 35.4 Å². The van der Waals surface area contributed by atoms with E-state index in [0.717, 1.165) is 22.9 Å². The summed E-state index contributed by atoms with van der Waals surface area (Å²) < 4.78 is 0. The van der Waals surface area contributed by atoms with E-state index < -0.39 is 5.97 Å². The Morgan fingerprint density at radius 1 is 1.47 bits per heavy atom. The Balaban J connectivity index is 2.38. The molecule has 0 saturated heterocycles. The van der Waals surface area contributed by atoms with E-state index in [-0.39, 0.29) is 5.91 Å². The molecule has 4 heteroatoms. The Morgan fingerprint density at radius 3 is 3.00 bits per heavy atom. The van der Waals surface area contributed by atoms with Crippen LogP contribution in [0.5, 0.6) is 0 Å². The third-order valence-electron chi connectivity index (χ3n) is 2.20. The van der Waals surface area contributed by atoms with Gasteiger partial charge in [-0.1, -0.05) is 18.2 Å². The van der Waals surface area contributed by atoms with Gasteiger partial charge >= 0.3 is 5.97 Å². The first-order chi connectivity index (χ1) is 7.16. The molecule has 0 aliphatic carbocycles. The van der Waals surface area contributed by atoms with Gasteiger partial charge in [-0.15, -0.1) is 0 Å². The third kappa shape index (κ3) is 1.88. The van der Waals surface area contributed by atoms with Crippen molar-refractivity contribution in [1.29, 1.82) is 0 Å². The second-order valence-corrected chi connectivity index (χ2v) is 3.28. The van der Waals surface area contributed by atoms with E-state index in [9.17, 15) is 9.59 Å². The Morgan fingerprint density at radius 2 is 2.27 bits per heavy atom. The molecule has 0 fully saturated rings. The standard InChI is InChI=1S/C11H9NO3/c13-9-6-8-3-1-2-7(11(8)12-9)4-5-10(14)15/h1-5H,6H2,(H,12,13)(H,14,15). The van der Waals surface area contributed by atoms with Gasteiger partial charge < -0.3 is 10.4 Å². The summed E-state index contributed by atoms with van der Waals surface area (Å²) in [6, 6.07) is 5.43. The molecule has 1 aliphatic rings. The van der Waals surface area contributed by atoms with Crippen LogP contribution in [0.2, 0.25) is 0 Å². The molecule has 0 atom stereocenters. The zero-order chi connectivity index (χ0) is 10.8. The number of carbonyl (C=O) groups excluding carboxylic acids is 1. The molecule has 0 bridgehead atoms. The maximum Gasteiger partial charge on any atom is 0.328 e. The summed E-state index contributed by atoms with van der Waals surface area (Å²) in [6.45, 7) is 0. The highest BCUT2D eigenvalue weighted by Crippen LogP contribution is 2.27. The number of para-hydroxylation sites is 1. The average Bonchev–Trinajstić information content (AvgIpc) is 2.55. The number of aliphatic carboxylic acids is 1. The lowest BCUT2D eigenvalue weighted by Gasteiger charge is -2.02. The lowest BCUT2D eigenvalue weighted by molar-refractivity contribution is -0.131. The Bertz CT molecular complexity index is 463. The molecule has 0 aromatic heterocycles. The fourth-order valence-corrected chi connectivity index (χ4v) is 1.58. The van der Waals surface area contributed by atoms with Crippen LogP contribution in [0.1, 0.15) is 11.1 Å². The number of hydrogen-bond acceptors (Lipinski definition) is 2. The van der Waals surface area contributed by atoms with Crippen molar-refractivity contribution in [3.8, 4) is 0 Å². The zero-order valence-electron chi connectivity index (χ0n) is 7.86. The van der Waals surface area contributed by atoms with Crippen LogP contribution in [-0.4, -0.2) is 17.0 Å². The van der Waals surface area contributed by atoms with Gasteiger partial charge in [0.05, 0.1) is 12.1 Å². The minimum absolute atomic E-state index is 0.0545. The smallest absolute Gasteiger partial charge is 0.328 e. The molecule has 1 amide bonds. The molecule has 0 saturated carbocycles. The number of benzene rings is 1. The molecule has 0 unspecified atom stereocenters. The highest BCUT2D eigenvalue weighted by atomic mass is 16.4. The van der Waals surface area contributed by atoms with E-state index in [1.165, 1.54) is 6.08 Å². The first-order valence-electron chi connectivity index (χ1n) is 4.49. The molecule has 0 radical (unpaired) electrons. The molecule has 1 aromatic rings. The van der Waals surface area contributed by atoms with E-state index in [1.807, 2.05) is 6.07 Å². The monoisotopic (exact) mass is 203 g/mol. The first kappa shape index (κ1) is 9.45. The molecular formula is C11H9NO3. The summed E-state index contributed by atoms with van der Waals surface area (Å²) >= 11 is 0. The zero-order valence-corrected chi connectivity index (χ0v) is 7.86. The predicted octanol–water partition coefficient (Wildman–Crippen LogP) is 1.28. The number of carboxylic acids is 1. The highest BCUT2D eigenvalue weighted by Gasteiger charge is 2.18. The minimum Gasteiger partial charge on any atom is -0.478 e. The topological polar surface area (TPSA) is 66.4 Å². The molecule has 2 rings (SSSR count). The molecular weight excluding hydrogens is 194 g/mol. The van der Waals surface area contributed by atoms with Gasteiger partial charge in [0, 0.05) is 6.08 Å². The molecule has 1 aliphatic heterocycles. The van der Waals surface area contributed by atoms with Gasteiger partial charge in [0.15, 0.2) is 0 Å². The van der Waals surface area contributed by atoms with Crippen LogP contribution in [0.25, 0.3) is 6.08 Å². The van der Waals surface area contributed by atoms with Crippen LogP contribution >= 0.6 is 0 Å². The fraction of sp³-hybridized carbons (Fsp3) is 0.0909. The second kappa shape index (κ2) is 3.57. The van der Waals surface area contributed by atoms with Crippen molar-refractivity contribution in [2.24, 2.45) is 0 Å². The van der Waals surface area contributed by atoms with Crippen molar-refractivity contribution in [2.75, 3.05) is 5.32 Å². The first-order valence-corrected chi connectivity index (χ1v) is 4.49. The summed E-state index contributed by atoms with van der Waals surface area (Å²) in [6.07, 6.45) is 2.90. The minimum atomic E-state index is -1.00. The number of rotatable bonds is 2. The third-order valence-corrected chi connectivity index (χ3v) is 2.20. The summed E-state index contributed by atoms with van der Waals surface area (Å²) in [7, 11) is 0. The van der Waals surface area contributed by atoms with Crippen molar-refractivity contribution < 1.29 is 14.7 Å². The Kier molecular flexibility index (Phi) is 2.25. The van der Waals surface area contributed by atoms with Gasteiger partial charge in [-0.05, 0) is 17.2 Å². The Hall–Kier alpha value is -2.10. The number of nitrogens with one attached hydrogen (secondary N) is 1.